The van der Waals surface area contributed by atoms with Crippen molar-refractivity contribution in [2.75, 3.05) is 26.5 Å². The standard InChI is InChI=1S/C29H28N4O2.C2HF3O2/c1-33(2)17-19-6-4-18(5-7-19)8-12-25-22-11-9-20(14-27(22)32-31-25)24-16-29(24)23-15-21(35-3)10-13-26(23)30-28(29)34;3-2(4,5)1(6)7/h4-15,24H,16-17H2,1-3H3,(H,30,34)(H,31,32);(H,6,7)/b12-8+;/t24-,29-;/m1./s1. The first kappa shape index (κ1) is 28.9. The van der Waals surface area contributed by atoms with Gasteiger partial charge in [-0.1, -0.05) is 42.5 Å². The second-order valence-corrected chi connectivity index (χ2v) is 10.6. The van der Waals surface area contributed by atoms with E-state index >= 15 is 0 Å². The first-order valence-electron chi connectivity index (χ1n) is 13.1. The molecule has 1 spiro atoms. The summed E-state index contributed by atoms with van der Waals surface area (Å²) in [5, 5.41) is 19.0. The topological polar surface area (TPSA) is 108 Å². The SMILES string of the molecule is COc1ccc2c(c1)[C@@]1(C[C@@H]1c1ccc3c(/C=C/c4ccc(CN(C)C)cc4)n[nH]c3c1)C(=O)N2.O=C(O)C(F)(F)F. The number of carbonyl (C=O) groups excluding carboxylic acids is 1. The lowest BCUT2D eigenvalue weighted by Gasteiger charge is -2.10. The molecule has 1 saturated carbocycles. The third-order valence-corrected chi connectivity index (χ3v) is 7.50. The molecule has 3 N–H and O–H groups in total. The van der Waals surface area contributed by atoms with Gasteiger partial charge in [0.2, 0.25) is 5.91 Å². The number of methoxy groups -OCH3 is 1. The van der Waals surface area contributed by atoms with Gasteiger partial charge in [0.25, 0.3) is 0 Å². The third-order valence-electron chi connectivity index (χ3n) is 7.50. The summed E-state index contributed by atoms with van der Waals surface area (Å²) in [5.41, 5.74) is 6.90. The summed E-state index contributed by atoms with van der Waals surface area (Å²) in [6.45, 7) is 0.930. The maximum Gasteiger partial charge on any atom is 0.490 e. The maximum atomic E-state index is 13.0. The Hall–Kier alpha value is -4.64. The zero-order valence-corrected chi connectivity index (χ0v) is 23.1. The van der Waals surface area contributed by atoms with Crippen LogP contribution in [0.15, 0.2) is 60.7 Å². The summed E-state index contributed by atoms with van der Waals surface area (Å²) >= 11 is 0. The van der Waals surface area contributed by atoms with Crippen LogP contribution in [-0.2, 0) is 21.5 Å². The van der Waals surface area contributed by atoms with Gasteiger partial charge >= 0.3 is 12.1 Å². The lowest BCUT2D eigenvalue weighted by Crippen LogP contribution is -2.21. The molecule has 0 bridgehead atoms. The number of carbonyl (C=O) groups is 2. The van der Waals surface area contributed by atoms with E-state index in [1.54, 1.807) is 7.11 Å². The minimum atomic E-state index is -5.08. The minimum absolute atomic E-state index is 0.0793. The number of halogens is 3. The predicted molar refractivity (Wildman–Crippen MR) is 153 cm³/mol. The molecule has 2 atom stereocenters. The van der Waals surface area contributed by atoms with E-state index in [1.807, 2.05) is 24.3 Å². The lowest BCUT2D eigenvalue weighted by molar-refractivity contribution is -0.192. The predicted octanol–water partition coefficient (Wildman–Crippen LogP) is 5.81. The number of rotatable bonds is 6. The number of anilines is 1. The third kappa shape index (κ3) is 5.60. The first-order valence-corrected chi connectivity index (χ1v) is 13.1. The van der Waals surface area contributed by atoms with Gasteiger partial charge in [-0.05, 0) is 73.1 Å². The molecule has 218 valence electrons. The molecule has 1 fully saturated rings. The van der Waals surface area contributed by atoms with Crippen molar-refractivity contribution in [3.8, 4) is 5.75 Å². The Morgan fingerprint density at radius 1 is 1.12 bits per heavy atom. The number of aromatic amines is 1. The van der Waals surface area contributed by atoms with E-state index < -0.39 is 17.6 Å². The van der Waals surface area contributed by atoms with Crippen LogP contribution < -0.4 is 10.1 Å². The smallest absolute Gasteiger partial charge is 0.490 e. The highest BCUT2D eigenvalue weighted by molar-refractivity contribution is 6.10. The number of hydrogen-bond acceptors (Lipinski definition) is 5. The number of ether oxygens (including phenoxy) is 1. The molecule has 0 unspecified atom stereocenters. The first-order chi connectivity index (χ1) is 19.9. The average Bonchev–Trinajstić information content (AvgIpc) is 3.48. The van der Waals surface area contributed by atoms with Gasteiger partial charge in [-0.3, -0.25) is 9.89 Å². The molecule has 11 heteroatoms. The van der Waals surface area contributed by atoms with Crippen LogP contribution in [0.3, 0.4) is 0 Å². The Morgan fingerprint density at radius 2 is 1.83 bits per heavy atom. The minimum Gasteiger partial charge on any atom is -0.497 e. The Labute approximate surface area is 239 Å². The fourth-order valence-electron chi connectivity index (χ4n) is 5.38. The second-order valence-electron chi connectivity index (χ2n) is 10.6. The molecule has 3 aromatic carbocycles. The van der Waals surface area contributed by atoms with Crippen LogP contribution in [-0.4, -0.2) is 59.5 Å². The molecule has 1 aromatic heterocycles. The van der Waals surface area contributed by atoms with E-state index in [-0.39, 0.29) is 11.8 Å². The van der Waals surface area contributed by atoms with Crippen molar-refractivity contribution in [1.29, 1.82) is 0 Å². The summed E-state index contributed by atoms with van der Waals surface area (Å²) in [6.07, 6.45) is -0.147. The summed E-state index contributed by atoms with van der Waals surface area (Å²) in [5.74, 6) is -1.76. The molecule has 2 heterocycles. The van der Waals surface area contributed by atoms with Crippen LogP contribution in [0.4, 0.5) is 18.9 Å². The quantitative estimate of drug-likeness (QED) is 0.266. The van der Waals surface area contributed by atoms with Crippen LogP contribution in [0.1, 0.15) is 40.3 Å². The van der Waals surface area contributed by atoms with E-state index in [1.165, 1.54) is 5.56 Å². The molecule has 2 aliphatic rings. The number of alkyl halides is 3. The monoisotopic (exact) mass is 578 g/mol. The number of carboxylic acid groups (broad SMARTS) is 1. The molecule has 4 aromatic rings. The average molecular weight is 579 g/mol. The van der Waals surface area contributed by atoms with Crippen molar-refractivity contribution in [3.63, 3.8) is 0 Å². The van der Waals surface area contributed by atoms with Crippen molar-refractivity contribution < 1.29 is 32.6 Å². The Balaban J connectivity index is 0.000000451. The zero-order chi connectivity index (χ0) is 30.2. The Morgan fingerprint density at radius 3 is 2.48 bits per heavy atom. The molecule has 1 aliphatic heterocycles. The lowest BCUT2D eigenvalue weighted by atomic mass is 9.91. The molecule has 1 aliphatic carbocycles. The highest BCUT2D eigenvalue weighted by Gasteiger charge is 2.65. The summed E-state index contributed by atoms with van der Waals surface area (Å²) < 4.78 is 37.1. The fourth-order valence-corrected chi connectivity index (χ4v) is 5.38. The van der Waals surface area contributed by atoms with Crippen molar-refractivity contribution in [2.45, 2.75) is 30.5 Å². The van der Waals surface area contributed by atoms with E-state index in [4.69, 9.17) is 14.6 Å². The highest BCUT2D eigenvalue weighted by Crippen LogP contribution is 2.65. The normalized spacial score (nSPS) is 19.1. The second kappa shape index (κ2) is 11.0. The largest absolute Gasteiger partial charge is 0.497 e. The maximum absolute atomic E-state index is 13.0. The molecular formula is C31H29F3N4O4. The molecule has 8 nitrogen and oxygen atoms in total. The molecule has 6 rings (SSSR count). The van der Waals surface area contributed by atoms with Crippen LogP contribution >= 0.6 is 0 Å². The van der Waals surface area contributed by atoms with Gasteiger partial charge in [0.05, 0.1) is 23.7 Å². The number of amides is 1. The van der Waals surface area contributed by atoms with E-state index in [2.05, 4.69) is 83.0 Å². The van der Waals surface area contributed by atoms with E-state index in [0.717, 1.165) is 57.7 Å². The van der Waals surface area contributed by atoms with Crippen LogP contribution in [0.2, 0.25) is 0 Å². The van der Waals surface area contributed by atoms with Gasteiger partial charge in [-0.15, -0.1) is 0 Å². The fraction of sp³-hybridized carbons (Fsp3) is 0.258. The van der Waals surface area contributed by atoms with Crippen LogP contribution in [0.5, 0.6) is 5.75 Å². The molecular weight excluding hydrogens is 549 g/mol. The molecule has 1 amide bonds. The van der Waals surface area contributed by atoms with Crippen LogP contribution in [0, 0.1) is 0 Å². The van der Waals surface area contributed by atoms with Gasteiger partial charge in [-0.2, -0.15) is 18.3 Å². The summed E-state index contributed by atoms with van der Waals surface area (Å²) in [7, 11) is 5.80. The number of nitrogens with one attached hydrogen (secondary N) is 2. The number of aliphatic carboxylic acids is 1. The number of nitrogens with zero attached hydrogens (tertiary/aromatic N) is 2. The Bertz CT molecular complexity index is 1680. The summed E-state index contributed by atoms with van der Waals surface area (Å²) in [4.78, 5) is 24.0. The van der Waals surface area contributed by atoms with Crippen LogP contribution in [0.25, 0.3) is 23.1 Å². The number of H-pyrrole nitrogens is 1. The number of aromatic nitrogens is 2. The van der Waals surface area contributed by atoms with Gasteiger partial charge < -0.3 is 20.1 Å². The van der Waals surface area contributed by atoms with Crippen molar-refractivity contribution in [2.24, 2.45) is 0 Å². The van der Waals surface area contributed by atoms with Gasteiger partial charge in [0, 0.05) is 23.5 Å². The van der Waals surface area contributed by atoms with Crippen molar-refractivity contribution >= 4 is 40.6 Å². The molecule has 42 heavy (non-hydrogen) atoms. The van der Waals surface area contributed by atoms with Crippen molar-refractivity contribution in [1.82, 2.24) is 15.1 Å². The number of benzene rings is 3. The molecule has 0 saturated heterocycles. The van der Waals surface area contributed by atoms with Gasteiger partial charge in [0.15, 0.2) is 0 Å². The van der Waals surface area contributed by atoms with Gasteiger partial charge in [-0.25, -0.2) is 4.79 Å². The van der Waals surface area contributed by atoms with Crippen molar-refractivity contribution in [3.05, 3.63) is 88.6 Å². The Kier molecular flexibility index (Phi) is 7.55. The molecule has 0 radical (unpaired) electrons. The summed E-state index contributed by atoms with van der Waals surface area (Å²) in [6, 6.07) is 20.8. The number of carboxylic acids is 1. The number of hydrogen-bond donors (Lipinski definition) is 3. The highest BCUT2D eigenvalue weighted by atomic mass is 19.4. The number of fused-ring (bicyclic) bond motifs is 3. The van der Waals surface area contributed by atoms with E-state index in [0.29, 0.717) is 0 Å². The van der Waals surface area contributed by atoms with Gasteiger partial charge in [0.1, 0.15) is 5.75 Å². The zero-order valence-electron chi connectivity index (χ0n) is 23.1. The van der Waals surface area contributed by atoms with E-state index in [9.17, 15) is 18.0 Å².